The molecule has 1 heterocycles. The lowest BCUT2D eigenvalue weighted by molar-refractivity contribution is -0.123. The van der Waals surface area contributed by atoms with Crippen molar-refractivity contribution >= 4 is 40.6 Å². The molecule has 10 nitrogen and oxygen atoms in total. The Morgan fingerprint density at radius 2 is 1.77 bits per heavy atom. The van der Waals surface area contributed by atoms with E-state index in [1.165, 1.54) is 19.1 Å². The highest BCUT2D eigenvalue weighted by Crippen LogP contribution is 2.39. The van der Waals surface area contributed by atoms with Crippen LogP contribution in [0.3, 0.4) is 0 Å². The highest BCUT2D eigenvalue weighted by molar-refractivity contribution is 7.09. The van der Waals surface area contributed by atoms with E-state index in [1.54, 1.807) is 24.3 Å². The van der Waals surface area contributed by atoms with Crippen molar-refractivity contribution in [3.63, 3.8) is 0 Å². The standard InChI is InChI=1S/C28H33N5O5S/c1-15-9-10-18(13-16(15)2)33(28(36)25-22(29)23(26(30)34)32-39-25)24(27(35)31-17-7-5-6-8-17)20-14-19(37-3)11-12-21(20)38-4/h9-14,17,24H,5-8,29H2,1-4H3,(H2,30,34)(H,31,35)/t24-/m1/s1. The van der Waals surface area contributed by atoms with E-state index in [0.29, 0.717) is 22.7 Å². The number of primary amides is 1. The first-order valence-corrected chi connectivity index (χ1v) is 13.4. The molecule has 11 heteroatoms. The van der Waals surface area contributed by atoms with Crippen molar-refractivity contribution in [2.24, 2.45) is 5.73 Å². The van der Waals surface area contributed by atoms with Crippen molar-refractivity contribution < 1.29 is 23.9 Å². The molecule has 1 aliphatic rings. The smallest absolute Gasteiger partial charge is 0.273 e. The Hall–Kier alpha value is -4.12. The maximum atomic E-state index is 14.3. The zero-order chi connectivity index (χ0) is 28.3. The van der Waals surface area contributed by atoms with Crippen LogP contribution in [0.4, 0.5) is 11.4 Å². The molecule has 1 aromatic heterocycles. The largest absolute Gasteiger partial charge is 0.497 e. The molecule has 1 fully saturated rings. The van der Waals surface area contributed by atoms with Crippen LogP contribution in [0.2, 0.25) is 0 Å². The summed E-state index contributed by atoms with van der Waals surface area (Å²) in [6.45, 7) is 3.88. The van der Waals surface area contributed by atoms with E-state index in [9.17, 15) is 14.4 Å². The number of carbonyl (C=O) groups is 3. The molecule has 5 N–H and O–H groups in total. The zero-order valence-corrected chi connectivity index (χ0v) is 23.3. The fraction of sp³-hybridized carbons (Fsp3) is 0.357. The average Bonchev–Trinajstić information content (AvgIpc) is 3.57. The summed E-state index contributed by atoms with van der Waals surface area (Å²) in [5.74, 6) is -0.926. The molecule has 0 bridgehead atoms. The third kappa shape index (κ3) is 5.68. The molecule has 39 heavy (non-hydrogen) atoms. The van der Waals surface area contributed by atoms with Crippen LogP contribution in [0.15, 0.2) is 36.4 Å². The third-order valence-corrected chi connectivity index (χ3v) is 7.93. The molecule has 3 amide bonds. The first-order valence-electron chi connectivity index (χ1n) is 12.6. The number of rotatable bonds is 9. The Balaban J connectivity index is 1.95. The minimum Gasteiger partial charge on any atom is -0.497 e. The van der Waals surface area contributed by atoms with Gasteiger partial charge in [0.15, 0.2) is 5.69 Å². The average molecular weight is 552 g/mol. The molecular weight excluding hydrogens is 518 g/mol. The maximum absolute atomic E-state index is 14.3. The Labute approximate surface area is 231 Å². The fourth-order valence-corrected chi connectivity index (χ4v) is 5.54. The molecule has 206 valence electrons. The number of nitrogens with one attached hydrogen (secondary N) is 1. The Kier molecular flexibility index (Phi) is 8.39. The predicted molar refractivity (Wildman–Crippen MR) is 150 cm³/mol. The molecule has 1 atom stereocenters. The van der Waals surface area contributed by atoms with E-state index < -0.39 is 17.9 Å². The van der Waals surface area contributed by atoms with Crippen molar-refractivity contribution in [3.8, 4) is 11.5 Å². The van der Waals surface area contributed by atoms with Gasteiger partial charge in [-0.2, -0.15) is 4.37 Å². The van der Waals surface area contributed by atoms with Crippen LogP contribution in [-0.2, 0) is 4.79 Å². The van der Waals surface area contributed by atoms with Gasteiger partial charge in [-0.15, -0.1) is 0 Å². The number of amides is 3. The summed E-state index contributed by atoms with van der Waals surface area (Å²) in [5, 5.41) is 3.14. The normalized spacial score (nSPS) is 14.1. The molecule has 0 spiro atoms. The van der Waals surface area contributed by atoms with Crippen LogP contribution in [0, 0.1) is 13.8 Å². The molecule has 2 aromatic carbocycles. The second-order valence-electron chi connectivity index (χ2n) is 9.58. The summed E-state index contributed by atoms with van der Waals surface area (Å²) in [6.07, 6.45) is 3.75. The van der Waals surface area contributed by atoms with Gasteiger partial charge in [0.05, 0.1) is 19.9 Å². The lowest BCUT2D eigenvalue weighted by Crippen LogP contribution is -2.46. The van der Waals surface area contributed by atoms with E-state index in [-0.39, 0.29) is 28.2 Å². The summed E-state index contributed by atoms with van der Waals surface area (Å²) in [4.78, 5) is 41.7. The summed E-state index contributed by atoms with van der Waals surface area (Å²) in [5.41, 5.74) is 14.1. The summed E-state index contributed by atoms with van der Waals surface area (Å²) >= 11 is 0.763. The van der Waals surface area contributed by atoms with Gasteiger partial charge in [0.25, 0.3) is 11.8 Å². The van der Waals surface area contributed by atoms with Crippen LogP contribution >= 0.6 is 11.5 Å². The summed E-state index contributed by atoms with van der Waals surface area (Å²) in [7, 11) is 3.02. The number of anilines is 2. The SMILES string of the molecule is COc1ccc(OC)c([C@H](C(=O)NC2CCCC2)N(C(=O)c2snc(C(N)=O)c2N)c2ccc(C)c(C)c2)c1. The number of methoxy groups -OCH3 is 2. The number of nitrogen functional groups attached to an aromatic ring is 1. The molecule has 1 saturated carbocycles. The molecule has 0 radical (unpaired) electrons. The van der Waals surface area contributed by atoms with E-state index in [0.717, 1.165) is 48.3 Å². The van der Waals surface area contributed by atoms with Gasteiger partial charge in [-0.25, -0.2) is 0 Å². The Morgan fingerprint density at radius 1 is 1.05 bits per heavy atom. The number of carbonyl (C=O) groups excluding carboxylic acids is 3. The first kappa shape index (κ1) is 27.9. The molecule has 1 aliphatic carbocycles. The summed E-state index contributed by atoms with van der Waals surface area (Å²) < 4.78 is 15.1. The monoisotopic (exact) mass is 551 g/mol. The molecule has 0 saturated heterocycles. The van der Waals surface area contributed by atoms with Crippen molar-refractivity contribution in [1.82, 2.24) is 9.69 Å². The minimum atomic E-state index is -1.16. The van der Waals surface area contributed by atoms with E-state index in [4.69, 9.17) is 20.9 Å². The Bertz CT molecular complexity index is 1400. The van der Waals surface area contributed by atoms with E-state index >= 15 is 0 Å². The van der Waals surface area contributed by atoms with Crippen molar-refractivity contribution in [3.05, 3.63) is 63.7 Å². The van der Waals surface area contributed by atoms with Crippen LogP contribution in [0.1, 0.15) is 68.6 Å². The lowest BCUT2D eigenvalue weighted by Gasteiger charge is -2.33. The number of hydrogen-bond acceptors (Lipinski definition) is 8. The van der Waals surface area contributed by atoms with Gasteiger partial charge in [0, 0.05) is 17.3 Å². The van der Waals surface area contributed by atoms with Gasteiger partial charge >= 0.3 is 0 Å². The number of ether oxygens (including phenoxy) is 2. The van der Waals surface area contributed by atoms with Crippen LogP contribution in [0.25, 0.3) is 0 Å². The van der Waals surface area contributed by atoms with E-state index in [1.807, 2.05) is 26.0 Å². The molecule has 4 rings (SSSR count). The van der Waals surface area contributed by atoms with Crippen molar-refractivity contribution in [2.75, 3.05) is 24.9 Å². The highest BCUT2D eigenvalue weighted by Gasteiger charge is 2.39. The van der Waals surface area contributed by atoms with Gasteiger partial charge in [-0.1, -0.05) is 18.9 Å². The molecule has 0 aliphatic heterocycles. The fourth-order valence-electron chi connectivity index (χ4n) is 4.80. The number of hydrogen-bond donors (Lipinski definition) is 3. The van der Waals surface area contributed by atoms with Crippen LogP contribution < -0.4 is 31.2 Å². The first-order chi connectivity index (χ1) is 18.7. The number of nitrogens with zero attached hydrogens (tertiary/aromatic N) is 2. The maximum Gasteiger partial charge on any atom is 0.273 e. The highest BCUT2D eigenvalue weighted by atomic mass is 32.1. The van der Waals surface area contributed by atoms with Crippen LogP contribution in [0.5, 0.6) is 11.5 Å². The van der Waals surface area contributed by atoms with Crippen LogP contribution in [-0.4, -0.2) is 42.4 Å². The minimum absolute atomic E-state index is 0.00237. The molecular formula is C28H33N5O5S. The van der Waals surface area contributed by atoms with Crippen molar-refractivity contribution in [2.45, 2.75) is 51.6 Å². The topological polar surface area (TPSA) is 150 Å². The number of benzene rings is 2. The van der Waals surface area contributed by atoms with Gasteiger partial charge in [0.2, 0.25) is 5.91 Å². The third-order valence-electron chi connectivity index (χ3n) is 7.08. The number of aromatic nitrogens is 1. The molecule has 0 unspecified atom stereocenters. The Morgan fingerprint density at radius 3 is 2.36 bits per heavy atom. The lowest BCUT2D eigenvalue weighted by atomic mass is 9.99. The van der Waals surface area contributed by atoms with Gasteiger partial charge in [0.1, 0.15) is 22.4 Å². The predicted octanol–water partition coefficient (Wildman–Crippen LogP) is 3.91. The van der Waals surface area contributed by atoms with E-state index in [2.05, 4.69) is 9.69 Å². The van der Waals surface area contributed by atoms with Gasteiger partial charge < -0.3 is 26.3 Å². The second-order valence-corrected chi connectivity index (χ2v) is 10.4. The summed E-state index contributed by atoms with van der Waals surface area (Å²) in [6, 6.07) is 9.41. The van der Waals surface area contributed by atoms with Gasteiger partial charge in [-0.05, 0) is 79.7 Å². The van der Waals surface area contributed by atoms with Gasteiger partial charge in [-0.3, -0.25) is 19.3 Å². The number of aryl methyl sites for hydroxylation is 2. The quantitative estimate of drug-likeness (QED) is 0.365. The molecule has 3 aromatic rings. The van der Waals surface area contributed by atoms with Crippen molar-refractivity contribution in [1.29, 1.82) is 0 Å². The zero-order valence-electron chi connectivity index (χ0n) is 22.4. The second kappa shape index (κ2) is 11.7. The number of nitrogens with two attached hydrogens (primary N) is 2.